The molecule has 1 aliphatic heterocycles. The van der Waals surface area contributed by atoms with Crippen LogP contribution in [0.4, 0.5) is 0 Å². The second-order valence-corrected chi connectivity index (χ2v) is 16.9. The van der Waals surface area contributed by atoms with Gasteiger partial charge in [-0.15, -0.1) is 0 Å². The third kappa shape index (κ3) is 30.8. The molecule has 9 heteroatoms. The predicted molar refractivity (Wildman–Crippen MR) is 244 cm³/mol. The quantitative estimate of drug-likeness (QED) is 0.0264. The molecule has 0 aromatic rings. The zero-order valence-corrected chi connectivity index (χ0v) is 37.7. The number of nitrogens with one attached hydrogen (secondary N) is 1. The molecule has 9 nitrogen and oxygen atoms in total. The zero-order chi connectivity index (χ0) is 43.0. The number of unbranched alkanes of at least 4 members (excludes halogenated alkanes) is 24. The minimum absolute atomic E-state index is 0.196. The molecular formula is C50H91NO8. The monoisotopic (exact) mass is 834 g/mol. The van der Waals surface area contributed by atoms with E-state index in [-0.39, 0.29) is 12.5 Å². The number of rotatable bonds is 40. The van der Waals surface area contributed by atoms with Crippen LogP contribution in [-0.4, -0.2) is 87.5 Å². The van der Waals surface area contributed by atoms with Gasteiger partial charge in [-0.3, -0.25) is 4.79 Å². The summed E-state index contributed by atoms with van der Waals surface area (Å²) < 4.78 is 11.2. The lowest BCUT2D eigenvalue weighted by Crippen LogP contribution is -2.60. The maximum absolute atomic E-state index is 13.0. The van der Waals surface area contributed by atoms with Crippen molar-refractivity contribution in [2.24, 2.45) is 0 Å². The van der Waals surface area contributed by atoms with Gasteiger partial charge >= 0.3 is 0 Å². The molecule has 1 amide bonds. The lowest BCUT2D eigenvalue weighted by atomic mass is 9.99. The van der Waals surface area contributed by atoms with Crippen molar-refractivity contribution in [2.45, 2.75) is 249 Å². The highest BCUT2D eigenvalue weighted by Gasteiger charge is 2.44. The molecule has 0 aromatic heterocycles. The van der Waals surface area contributed by atoms with Crippen LogP contribution in [0.15, 0.2) is 48.6 Å². The summed E-state index contributed by atoms with van der Waals surface area (Å²) in [5.74, 6) is -0.196. The van der Waals surface area contributed by atoms with Crippen molar-refractivity contribution in [1.29, 1.82) is 0 Å². The lowest BCUT2D eigenvalue weighted by Gasteiger charge is -2.40. The molecule has 1 heterocycles. The van der Waals surface area contributed by atoms with E-state index in [9.17, 15) is 30.3 Å². The van der Waals surface area contributed by atoms with Crippen LogP contribution in [0.5, 0.6) is 0 Å². The van der Waals surface area contributed by atoms with E-state index in [4.69, 9.17) is 9.47 Å². The maximum atomic E-state index is 13.0. The molecular weight excluding hydrogens is 743 g/mol. The van der Waals surface area contributed by atoms with Gasteiger partial charge < -0.3 is 40.3 Å². The SMILES string of the molecule is CCCCCCC/C=C/CC/C=C/CC/C=C/C(O)C(COC1OC(CO)C(O)C(O)C1O)NC(=O)CCCCCCCCC/C=C\CCCCCCCCCCCC. The molecule has 0 bridgehead atoms. The third-order valence-corrected chi connectivity index (χ3v) is 11.4. The van der Waals surface area contributed by atoms with E-state index in [1.807, 2.05) is 6.08 Å². The maximum Gasteiger partial charge on any atom is 0.220 e. The average molecular weight is 834 g/mol. The Labute approximate surface area is 361 Å². The number of carbonyl (C=O) groups is 1. The summed E-state index contributed by atoms with van der Waals surface area (Å²) in [5.41, 5.74) is 0. The molecule has 0 aliphatic carbocycles. The van der Waals surface area contributed by atoms with Gasteiger partial charge in [-0.05, 0) is 70.6 Å². The largest absolute Gasteiger partial charge is 0.394 e. The van der Waals surface area contributed by atoms with Crippen LogP contribution in [0.3, 0.4) is 0 Å². The van der Waals surface area contributed by atoms with Crippen LogP contribution >= 0.6 is 0 Å². The highest BCUT2D eigenvalue weighted by molar-refractivity contribution is 5.76. The van der Waals surface area contributed by atoms with Gasteiger partial charge in [-0.25, -0.2) is 0 Å². The fraction of sp³-hybridized carbons (Fsp3) is 0.820. The molecule has 1 saturated heterocycles. The van der Waals surface area contributed by atoms with Crippen LogP contribution in [0, 0.1) is 0 Å². The van der Waals surface area contributed by atoms with Gasteiger partial charge in [0.2, 0.25) is 5.91 Å². The Kier molecular flexibility index (Phi) is 37.6. The third-order valence-electron chi connectivity index (χ3n) is 11.4. The summed E-state index contributed by atoms with van der Waals surface area (Å²) >= 11 is 0. The van der Waals surface area contributed by atoms with Gasteiger partial charge in [0, 0.05) is 6.42 Å². The molecule has 0 saturated carbocycles. The van der Waals surface area contributed by atoms with E-state index in [0.29, 0.717) is 6.42 Å². The highest BCUT2D eigenvalue weighted by Crippen LogP contribution is 2.22. The van der Waals surface area contributed by atoms with E-state index in [2.05, 4.69) is 55.6 Å². The van der Waals surface area contributed by atoms with Crippen LogP contribution in [0.25, 0.3) is 0 Å². The Morgan fingerprint density at radius 2 is 0.966 bits per heavy atom. The second-order valence-electron chi connectivity index (χ2n) is 16.9. The molecule has 344 valence electrons. The molecule has 7 unspecified atom stereocenters. The van der Waals surface area contributed by atoms with Gasteiger partial charge in [0.1, 0.15) is 24.4 Å². The smallest absolute Gasteiger partial charge is 0.220 e. The van der Waals surface area contributed by atoms with Crippen LogP contribution in [0.2, 0.25) is 0 Å². The molecule has 1 rings (SSSR count). The van der Waals surface area contributed by atoms with Crippen LogP contribution in [0.1, 0.15) is 206 Å². The molecule has 1 fully saturated rings. The van der Waals surface area contributed by atoms with Crippen molar-refractivity contribution < 1.29 is 39.8 Å². The summed E-state index contributed by atoms with van der Waals surface area (Å²) in [7, 11) is 0. The standard InChI is InChI=1S/C50H91NO8/c1-3-5-7-9-11-13-15-17-19-20-21-22-23-24-26-28-30-32-34-36-38-40-46(54)51-43(42-58-50-49(57)48(56)47(55)45(41-52)59-50)44(53)39-37-35-33-31-29-27-25-18-16-14-12-10-8-6-4-2/h16,18,22-23,29,31,37,39,43-45,47-50,52-53,55-57H,3-15,17,19-21,24-28,30,32-36,38,40-42H2,1-2H3,(H,51,54)/b18-16+,23-22-,31-29+,39-37+. The molecule has 0 spiro atoms. The predicted octanol–water partition coefficient (Wildman–Crippen LogP) is 10.6. The number of amides is 1. The van der Waals surface area contributed by atoms with Crippen LogP contribution < -0.4 is 5.32 Å². The number of ether oxygens (including phenoxy) is 2. The van der Waals surface area contributed by atoms with Gasteiger partial charge in [-0.1, -0.05) is 178 Å². The highest BCUT2D eigenvalue weighted by atomic mass is 16.7. The Hall–Kier alpha value is -1.85. The fourth-order valence-corrected chi connectivity index (χ4v) is 7.42. The van der Waals surface area contributed by atoms with Crippen molar-refractivity contribution in [2.75, 3.05) is 13.2 Å². The summed E-state index contributed by atoms with van der Waals surface area (Å²) in [4.78, 5) is 13.0. The summed E-state index contributed by atoms with van der Waals surface area (Å²) in [6.45, 7) is 3.73. The fourth-order valence-electron chi connectivity index (χ4n) is 7.42. The van der Waals surface area contributed by atoms with Gasteiger partial charge in [0.05, 0.1) is 25.4 Å². The topological polar surface area (TPSA) is 149 Å². The Balaban J connectivity index is 2.34. The number of hydrogen-bond donors (Lipinski definition) is 6. The number of aliphatic hydroxyl groups is 5. The van der Waals surface area contributed by atoms with E-state index in [1.54, 1.807) is 6.08 Å². The molecule has 59 heavy (non-hydrogen) atoms. The van der Waals surface area contributed by atoms with Gasteiger partial charge in [0.25, 0.3) is 0 Å². The second kappa shape index (κ2) is 40.2. The molecule has 7 atom stereocenters. The Morgan fingerprint density at radius 1 is 0.559 bits per heavy atom. The number of aliphatic hydroxyl groups excluding tert-OH is 5. The minimum Gasteiger partial charge on any atom is -0.394 e. The van der Waals surface area contributed by atoms with Gasteiger partial charge in [-0.2, -0.15) is 0 Å². The van der Waals surface area contributed by atoms with E-state index in [1.165, 1.54) is 122 Å². The minimum atomic E-state index is -1.57. The number of allylic oxidation sites excluding steroid dienone is 7. The van der Waals surface area contributed by atoms with E-state index in [0.717, 1.165) is 64.2 Å². The molecule has 1 aliphatic rings. The van der Waals surface area contributed by atoms with Crippen molar-refractivity contribution >= 4 is 5.91 Å². The first-order valence-corrected chi connectivity index (χ1v) is 24.4. The Morgan fingerprint density at radius 3 is 1.42 bits per heavy atom. The molecule has 6 N–H and O–H groups in total. The summed E-state index contributed by atoms with van der Waals surface area (Å²) in [6.07, 6.45) is 44.4. The average Bonchev–Trinajstić information content (AvgIpc) is 3.23. The van der Waals surface area contributed by atoms with Crippen molar-refractivity contribution in [3.8, 4) is 0 Å². The Bertz CT molecular complexity index is 1060. The summed E-state index contributed by atoms with van der Waals surface area (Å²) in [5, 5.41) is 54.2. The molecule has 0 aromatic carbocycles. The van der Waals surface area contributed by atoms with Crippen molar-refractivity contribution in [1.82, 2.24) is 5.32 Å². The van der Waals surface area contributed by atoms with E-state index >= 15 is 0 Å². The van der Waals surface area contributed by atoms with Gasteiger partial charge in [0.15, 0.2) is 6.29 Å². The first kappa shape index (κ1) is 55.2. The van der Waals surface area contributed by atoms with Crippen molar-refractivity contribution in [3.05, 3.63) is 48.6 Å². The normalized spacial score (nSPS) is 21.1. The lowest BCUT2D eigenvalue weighted by molar-refractivity contribution is -0.302. The van der Waals surface area contributed by atoms with E-state index < -0.39 is 49.5 Å². The van der Waals surface area contributed by atoms with Crippen LogP contribution in [-0.2, 0) is 14.3 Å². The first-order valence-electron chi connectivity index (χ1n) is 24.4. The molecule has 0 radical (unpaired) electrons. The number of hydrogen-bond acceptors (Lipinski definition) is 8. The zero-order valence-electron chi connectivity index (χ0n) is 37.7. The number of carbonyl (C=O) groups excluding carboxylic acids is 1. The van der Waals surface area contributed by atoms with Crippen molar-refractivity contribution in [3.63, 3.8) is 0 Å². The summed E-state index contributed by atoms with van der Waals surface area (Å²) in [6, 6.07) is -0.830. The first-order chi connectivity index (χ1) is 28.8.